The average Bonchev–Trinajstić information content (AvgIpc) is 3.16. The van der Waals surface area contributed by atoms with Gasteiger partial charge in [0.1, 0.15) is 0 Å². The molecule has 3 rings (SSSR count). The number of nitrogens with one attached hydrogen (secondary N) is 2. The standard InChI is InChI=1S/C18H16N4O3S/c1-26-14-9-5-8-13(10-14)20-18(24)17(23)19-11-15-21-16(22-25-15)12-6-3-2-4-7-12/h2-10H,11H2,1H3,(H,19,23)(H,20,24). The van der Waals surface area contributed by atoms with E-state index < -0.39 is 11.8 Å². The molecule has 132 valence electrons. The van der Waals surface area contributed by atoms with Crippen molar-refractivity contribution < 1.29 is 14.1 Å². The number of anilines is 1. The van der Waals surface area contributed by atoms with Crippen molar-refractivity contribution in [2.24, 2.45) is 0 Å². The Morgan fingerprint density at radius 3 is 2.65 bits per heavy atom. The van der Waals surface area contributed by atoms with Crippen LogP contribution in [0.2, 0.25) is 0 Å². The third kappa shape index (κ3) is 4.48. The molecular weight excluding hydrogens is 352 g/mol. The lowest BCUT2D eigenvalue weighted by molar-refractivity contribution is -0.136. The molecule has 0 aliphatic rings. The van der Waals surface area contributed by atoms with Crippen LogP contribution >= 0.6 is 11.8 Å². The summed E-state index contributed by atoms with van der Waals surface area (Å²) in [5, 5.41) is 8.87. The molecule has 0 radical (unpaired) electrons. The van der Waals surface area contributed by atoms with Gasteiger partial charge < -0.3 is 15.2 Å². The SMILES string of the molecule is CSc1cccc(NC(=O)C(=O)NCc2nc(-c3ccccc3)no2)c1. The number of hydrogen-bond donors (Lipinski definition) is 2. The molecular formula is C18H16N4O3S. The molecule has 0 saturated heterocycles. The summed E-state index contributed by atoms with van der Waals surface area (Å²) >= 11 is 1.55. The van der Waals surface area contributed by atoms with Crippen LogP contribution in [0, 0.1) is 0 Å². The fraction of sp³-hybridized carbons (Fsp3) is 0.111. The summed E-state index contributed by atoms with van der Waals surface area (Å²) in [5.41, 5.74) is 1.36. The third-order valence-corrected chi connectivity index (χ3v) is 4.16. The van der Waals surface area contributed by atoms with Gasteiger partial charge in [-0.3, -0.25) is 9.59 Å². The lowest BCUT2D eigenvalue weighted by Crippen LogP contribution is -2.35. The summed E-state index contributed by atoms with van der Waals surface area (Å²) in [6.45, 7) is -0.0308. The number of carbonyl (C=O) groups is 2. The molecule has 2 aromatic carbocycles. The number of hydrogen-bond acceptors (Lipinski definition) is 6. The van der Waals surface area contributed by atoms with Crippen LogP contribution in [0.5, 0.6) is 0 Å². The van der Waals surface area contributed by atoms with E-state index in [2.05, 4.69) is 20.8 Å². The highest BCUT2D eigenvalue weighted by atomic mass is 32.2. The summed E-state index contributed by atoms with van der Waals surface area (Å²) in [4.78, 5) is 29.1. The molecule has 2 N–H and O–H groups in total. The molecule has 3 aromatic rings. The van der Waals surface area contributed by atoms with E-state index in [9.17, 15) is 9.59 Å². The quantitative estimate of drug-likeness (QED) is 0.531. The number of benzene rings is 2. The van der Waals surface area contributed by atoms with E-state index in [1.807, 2.05) is 48.7 Å². The first-order chi connectivity index (χ1) is 12.7. The van der Waals surface area contributed by atoms with Crippen molar-refractivity contribution in [2.45, 2.75) is 11.4 Å². The fourth-order valence-corrected chi connectivity index (χ4v) is 2.62. The maximum absolute atomic E-state index is 12.0. The number of amides is 2. The maximum Gasteiger partial charge on any atom is 0.313 e. The van der Waals surface area contributed by atoms with Crippen LogP contribution in [0.25, 0.3) is 11.4 Å². The first-order valence-corrected chi connectivity index (χ1v) is 8.99. The highest BCUT2D eigenvalue weighted by Crippen LogP contribution is 2.19. The van der Waals surface area contributed by atoms with Crippen molar-refractivity contribution in [2.75, 3.05) is 11.6 Å². The number of aromatic nitrogens is 2. The Morgan fingerprint density at radius 1 is 1.08 bits per heavy atom. The van der Waals surface area contributed by atoms with Crippen molar-refractivity contribution >= 4 is 29.3 Å². The summed E-state index contributed by atoms with van der Waals surface area (Å²) in [6.07, 6.45) is 1.93. The lowest BCUT2D eigenvalue weighted by atomic mass is 10.2. The van der Waals surface area contributed by atoms with Crippen LogP contribution in [0.1, 0.15) is 5.89 Å². The predicted octanol–water partition coefficient (Wildman–Crippen LogP) is 2.71. The van der Waals surface area contributed by atoms with Gasteiger partial charge in [-0.1, -0.05) is 41.6 Å². The normalized spacial score (nSPS) is 10.3. The second-order valence-electron chi connectivity index (χ2n) is 5.25. The van der Waals surface area contributed by atoms with Gasteiger partial charge in [0.2, 0.25) is 11.7 Å². The molecule has 0 bridgehead atoms. The Bertz CT molecular complexity index is 912. The maximum atomic E-state index is 12.0. The molecule has 8 heteroatoms. The van der Waals surface area contributed by atoms with E-state index in [1.165, 1.54) is 0 Å². The highest BCUT2D eigenvalue weighted by molar-refractivity contribution is 7.98. The van der Waals surface area contributed by atoms with Crippen molar-refractivity contribution in [3.05, 3.63) is 60.5 Å². The number of rotatable bonds is 5. The lowest BCUT2D eigenvalue weighted by Gasteiger charge is -2.06. The molecule has 0 unspecified atom stereocenters. The molecule has 2 amide bonds. The van der Waals surface area contributed by atoms with Crippen molar-refractivity contribution in [1.82, 2.24) is 15.5 Å². The summed E-state index contributed by atoms with van der Waals surface area (Å²) in [5.74, 6) is -0.896. The van der Waals surface area contributed by atoms with E-state index in [-0.39, 0.29) is 12.4 Å². The third-order valence-electron chi connectivity index (χ3n) is 3.43. The zero-order chi connectivity index (χ0) is 18.4. The van der Waals surface area contributed by atoms with Gasteiger partial charge in [-0.2, -0.15) is 4.98 Å². The highest BCUT2D eigenvalue weighted by Gasteiger charge is 2.15. The van der Waals surface area contributed by atoms with Gasteiger partial charge in [-0.05, 0) is 24.5 Å². The minimum Gasteiger partial charge on any atom is -0.339 e. The minimum atomic E-state index is -0.779. The fourth-order valence-electron chi connectivity index (χ4n) is 2.16. The molecule has 0 atom stereocenters. The predicted molar refractivity (Wildman–Crippen MR) is 98.4 cm³/mol. The van der Waals surface area contributed by atoms with Gasteiger partial charge in [-0.15, -0.1) is 11.8 Å². The van der Waals surface area contributed by atoms with E-state index in [4.69, 9.17) is 4.52 Å². The van der Waals surface area contributed by atoms with Crippen molar-refractivity contribution in [3.8, 4) is 11.4 Å². The second kappa shape index (κ2) is 8.30. The van der Waals surface area contributed by atoms with Gasteiger partial charge in [-0.25, -0.2) is 0 Å². The molecule has 7 nitrogen and oxygen atoms in total. The van der Waals surface area contributed by atoms with E-state index in [0.29, 0.717) is 11.5 Å². The van der Waals surface area contributed by atoms with Crippen LogP contribution in [0.15, 0.2) is 64.0 Å². The average molecular weight is 368 g/mol. The Labute approximate surface area is 154 Å². The van der Waals surface area contributed by atoms with Gasteiger partial charge in [0.05, 0.1) is 6.54 Å². The zero-order valence-electron chi connectivity index (χ0n) is 13.9. The zero-order valence-corrected chi connectivity index (χ0v) is 14.7. The van der Waals surface area contributed by atoms with Crippen molar-refractivity contribution in [1.29, 1.82) is 0 Å². The monoisotopic (exact) mass is 368 g/mol. The van der Waals surface area contributed by atoms with Gasteiger partial charge in [0.25, 0.3) is 0 Å². The first kappa shape index (κ1) is 17.7. The van der Waals surface area contributed by atoms with E-state index >= 15 is 0 Å². The Morgan fingerprint density at radius 2 is 1.88 bits per heavy atom. The number of carbonyl (C=O) groups excluding carboxylic acids is 2. The largest absolute Gasteiger partial charge is 0.339 e. The Balaban J connectivity index is 1.55. The van der Waals surface area contributed by atoms with Gasteiger partial charge >= 0.3 is 11.8 Å². The van der Waals surface area contributed by atoms with E-state index in [1.54, 1.807) is 23.9 Å². The Hall–Kier alpha value is -3.13. The van der Waals surface area contributed by atoms with Crippen molar-refractivity contribution in [3.63, 3.8) is 0 Å². The molecule has 0 fully saturated rings. The smallest absolute Gasteiger partial charge is 0.313 e. The Kier molecular flexibility index (Phi) is 5.65. The molecule has 0 spiro atoms. The molecule has 0 saturated carbocycles. The van der Waals surface area contributed by atoms with Crippen LogP contribution in [0.4, 0.5) is 5.69 Å². The van der Waals surface area contributed by atoms with E-state index in [0.717, 1.165) is 10.5 Å². The van der Waals surface area contributed by atoms with Crippen LogP contribution in [-0.2, 0) is 16.1 Å². The number of thioether (sulfide) groups is 1. The summed E-state index contributed by atoms with van der Waals surface area (Å²) in [6, 6.07) is 16.6. The van der Waals surface area contributed by atoms with Crippen LogP contribution in [-0.4, -0.2) is 28.2 Å². The first-order valence-electron chi connectivity index (χ1n) is 7.77. The topological polar surface area (TPSA) is 97.1 Å². The summed E-state index contributed by atoms with van der Waals surface area (Å²) in [7, 11) is 0. The van der Waals surface area contributed by atoms with Gasteiger partial charge in [0.15, 0.2) is 0 Å². The van der Waals surface area contributed by atoms with Gasteiger partial charge in [0, 0.05) is 16.1 Å². The molecule has 0 aliphatic heterocycles. The second-order valence-corrected chi connectivity index (χ2v) is 6.13. The molecule has 0 aliphatic carbocycles. The molecule has 1 aromatic heterocycles. The van der Waals surface area contributed by atoms with Crippen LogP contribution in [0.3, 0.4) is 0 Å². The molecule has 1 heterocycles. The minimum absolute atomic E-state index is 0.0308. The van der Waals surface area contributed by atoms with Crippen LogP contribution < -0.4 is 10.6 Å². The summed E-state index contributed by atoms with van der Waals surface area (Å²) < 4.78 is 5.09. The molecule has 26 heavy (non-hydrogen) atoms. The number of nitrogens with zero attached hydrogens (tertiary/aromatic N) is 2.